The zero-order valence-corrected chi connectivity index (χ0v) is 14.9. The molecule has 0 radical (unpaired) electrons. The van der Waals surface area contributed by atoms with Crippen molar-refractivity contribution in [2.45, 2.75) is 38.8 Å². The lowest BCUT2D eigenvalue weighted by Gasteiger charge is -2.35. The largest absolute Gasteiger partial charge is 0.497 e. The average molecular weight is 342 g/mol. The molecule has 6 nitrogen and oxygen atoms in total. The van der Waals surface area contributed by atoms with Gasteiger partial charge in [-0.05, 0) is 37.5 Å². The summed E-state index contributed by atoms with van der Waals surface area (Å²) in [5.74, 6) is 0.948. The van der Waals surface area contributed by atoms with Gasteiger partial charge in [0.05, 0.1) is 13.3 Å². The second-order valence-electron chi connectivity index (χ2n) is 6.58. The lowest BCUT2D eigenvalue weighted by atomic mass is 10.0. The fourth-order valence-corrected chi connectivity index (χ4v) is 3.24. The van der Waals surface area contributed by atoms with Crippen molar-refractivity contribution in [1.82, 2.24) is 15.1 Å². The number of rotatable bonds is 6. The van der Waals surface area contributed by atoms with Crippen molar-refractivity contribution in [3.63, 3.8) is 0 Å². The topological polar surface area (TPSA) is 59.4 Å². The Morgan fingerprint density at radius 2 is 2.32 bits per heavy atom. The van der Waals surface area contributed by atoms with E-state index < -0.39 is 0 Å². The van der Waals surface area contributed by atoms with Crippen LogP contribution in [0.1, 0.15) is 24.8 Å². The molecule has 1 aromatic carbocycles. The molecule has 2 heterocycles. The van der Waals surface area contributed by atoms with Gasteiger partial charge >= 0.3 is 0 Å². The molecule has 0 spiro atoms. The van der Waals surface area contributed by atoms with Gasteiger partial charge in [0.15, 0.2) is 0 Å². The van der Waals surface area contributed by atoms with Crippen LogP contribution in [0.4, 0.5) is 5.69 Å². The zero-order chi connectivity index (χ0) is 17.6. The molecule has 1 amide bonds. The molecule has 1 atom stereocenters. The van der Waals surface area contributed by atoms with Crippen LogP contribution in [0.5, 0.6) is 5.75 Å². The SMILES string of the molecule is COc1cccc(N2CCC[C@H](NC(=O)CCn3cc(C)cn3)C2)c1. The molecule has 0 saturated carbocycles. The number of piperidine rings is 1. The van der Waals surface area contributed by atoms with Crippen molar-refractivity contribution in [2.24, 2.45) is 0 Å². The fourth-order valence-electron chi connectivity index (χ4n) is 3.24. The Bertz CT molecular complexity index is 713. The molecule has 1 N–H and O–H groups in total. The van der Waals surface area contributed by atoms with Gasteiger partial charge in [0, 0.05) is 50.0 Å². The van der Waals surface area contributed by atoms with E-state index in [-0.39, 0.29) is 11.9 Å². The highest BCUT2D eigenvalue weighted by molar-refractivity contribution is 5.76. The van der Waals surface area contributed by atoms with Crippen molar-refractivity contribution in [2.75, 3.05) is 25.1 Å². The van der Waals surface area contributed by atoms with E-state index in [0.29, 0.717) is 13.0 Å². The van der Waals surface area contributed by atoms with Gasteiger partial charge in [-0.25, -0.2) is 0 Å². The molecule has 2 aromatic rings. The van der Waals surface area contributed by atoms with Gasteiger partial charge < -0.3 is 15.0 Å². The summed E-state index contributed by atoms with van der Waals surface area (Å²) in [5, 5.41) is 7.39. The molecule has 1 aromatic heterocycles. The third-order valence-corrected chi connectivity index (χ3v) is 4.54. The van der Waals surface area contributed by atoms with Gasteiger partial charge in [-0.15, -0.1) is 0 Å². The van der Waals surface area contributed by atoms with E-state index in [4.69, 9.17) is 4.74 Å². The van der Waals surface area contributed by atoms with Crippen molar-refractivity contribution in [1.29, 1.82) is 0 Å². The Balaban J connectivity index is 1.51. The second kappa shape index (κ2) is 8.05. The van der Waals surface area contributed by atoms with Crippen molar-refractivity contribution < 1.29 is 9.53 Å². The number of amides is 1. The maximum Gasteiger partial charge on any atom is 0.222 e. The van der Waals surface area contributed by atoms with E-state index in [1.807, 2.05) is 42.2 Å². The summed E-state index contributed by atoms with van der Waals surface area (Å²) >= 11 is 0. The highest BCUT2D eigenvalue weighted by atomic mass is 16.5. The number of carbonyl (C=O) groups is 1. The van der Waals surface area contributed by atoms with Crippen LogP contribution < -0.4 is 15.0 Å². The van der Waals surface area contributed by atoms with Crippen LogP contribution in [0, 0.1) is 6.92 Å². The van der Waals surface area contributed by atoms with Crippen LogP contribution in [0.25, 0.3) is 0 Å². The molecule has 0 unspecified atom stereocenters. The summed E-state index contributed by atoms with van der Waals surface area (Å²) in [6.45, 7) is 4.46. The quantitative estimate of drug-likeness (QED) is 0.876. The summed E-state index contributed by atoms with van der Waals surface area (Å²) < 4.78 is 7.13. The third kappa shape index (κ3) is 4.75. The first-order chi connectivity index (χ1) is 12.1. The standard InChI is InChI=1S/C19H26N4O2/c1-15-12-20-23(13-15)10-8-19(24)21-16-5-4-9-22(14-16)17-6-3-7-18(11-17)25-2/h3,6-7,11-13,16H,4-5,8-10,14H2,1-2H3,(H,21,24)/t16-/m0/s1. The Morgan fingerprint density at radius 3 is 3.08 bits per heavy atom. The minimum absolute atomic E-state index is 0.0886. The highest BCUT2D eigenvalue weighted by Gasteiger charge is 2.21. The van der Waals surface area contributed by atoms with Gasteiger partial charge in [0.2, 0.25) is 5.91 Å². The summed E-state index contributed by atoms with van der Waals surface area (Å²) in [5.41, 5.74) is 2.26. The number of hydrogen-bond donors (Lipinski definition) is 1. The molecule has 1 saturated heterocycles. The predicted molar refractivity (Wildman–Crippen MR) is 98.0 cm³/mol. The van der Waals surface area contributed by atoms with Crippen LogP contribution in [-0.2, 0) is 11.3 Å². The fraction of sp³-hybridized carbons (Fsp3) is 0.474. The van der Waals surface area contributed by atoms with Crippen LogP contribution >= 0.6 is 0 Å². The molecular weight excluding hydrogens is 316 g/mol. The van der Waals surface area contributed by atoms with Crippen molar-refractivity contribution in [3.05, 3.63) is 42.2 Å². The summed E-state index contributed by atoms with van der Waals surface area (Å²) in [6.07, 6.45) is 6.31. The van der Waals surface area contributed by atoms with Gasteiger partial charge in [0.25, 0.3) is 0 Å². The van der Waals surface area contributed by atoms with E-state index in [1.165, 1.54) is 0 Å². The van der Waals surface area contributed by atoms with E-state index in [2.05, 4.69) is 21.4 Å². The number of aryl methyl sites for hydroxylation is 2. The number of carbonyl (C=O) groups excluding carboxylic acids is 1. The molecule has 0 bridgehead atoms. The molecular formula is C19H26N4O2. The monoisotopic (exact) mass is 342 g/mol. The van der Waals surface area contributed by atoms with E-state index in [9.17, 15) is 4.79 Å². The molecule has 1 aliphatic heterocycles. The van der Waals surface area contributed by atoms with Crippen LogP contribution in [0.3, 0.4) is 0 Å². The Kier molecular flexibility index (Phi) is 5.58. The Morgan fingerprint density at radius 1 is 1.44 bits per heavy atom. The molecule has 3 rings (SSSR count). The molecule has 0 aliphatic carbocycles. The van der Waals surface area contributed by atoms with E-state index in [0.717, 1.165) is 42.9 Å². The summed E-state index contributed by atoms with van der Waals surface area (Å²) in [4.78, 5) is 14.6. The Hall–Kier alpha value is -2.50. The normalized spacial score (nSPS) is 17.4. The maximum absolute atomic E-state index is 12.2. The summed E-state index contributed by atoms with van der Waals surface area (Å²) in [7, 11) is 1.68. The van der Waals surface area contributed by atoms with Gasteiger partial charge in [-0.1, -0.05) is 6.07 Å². The highest BCUT2D eigenvalue weighted by Crippen LogP contribution is 2.24. The van der Waals surface area contributed by atoms with Crippen molar-refractivity contribution >= 4 is 11.6 Å². The number of nitrogens with zero attached hydrogens (tertiary/aromatic N) is 3. The first kappa shape index (κ1) is 17.3. The van der Waals surface area contributed by atoms with Gasteiger partial charge in [-0.2, -0.15) is 5.10 Å². The maximum atomic E-state index is 12.2. The third-order valence-electron chi connectivity index (χ3n) is 4.54. The number of ether oxygens (including phenoxy) is 1. The molecule has 134 valence electrons. The van der Waals surface area contributed by atoms with E-state index >= 15 is 0 Å². The van der Waals surface area contributed by atoms with Gasteiger partial charge in [-0.3, -0.25) is 9.48 Å². The average Bonchev–Trinajstić information content (AvgIpc) is 3.06. The minimum Gasteiger partial charge on any atom is -0.497 e. The summed E-state index contributed by atoms with van der Waals surface area (Å²) in [6, 6.07) is 8.27. The number of aromatic nitrogens is 2. The predicted octanol–water partition coefficient (Wildman–Crippen LogP) is 2.38. The van der Waals surface area contributed by atoms with Crippen LogP contribution in [0.15, 0.2) is 36.7 Å². The molecule has 1 aliphatic rings. The lowest BCUT2D eigenvalue weighted by Crippen LogP contribution is -2.48. The number of anilines is 1. The first-order valence-electron chi connectivity index (χ1n) is 8.81. The minimum atomic E-state index is 0.0886. The smallest absolute Gasteiger partial charge is 0.222 e. The zero-order valence-electron chi connectivity index (χ0n) is 14.9. The second-order valence-corrected chi connectivity index (χ2v) is 6.58. The number of methoxy groups -OCH3 is 1. The molecule has 1 fully saturated rings. The number of benzene rings is 1. The van der Waals surface area contributed by atoms with Gasteiger partial charge in [0.1, 0.15) is 5.75 Å². The molecule has 25 heavy (non-hydrogen) atoms. The Labute approximate surface area is 148 Å². The lowest BCUT2D eigenvalue weighted by molar-refractivity contribution is -0.122. The molecule has 6 heteroatoms. The number of hydrogen-bond acceptors (Lipinski definition) is 4. The first-order valence-corrected chi connectivity index (χ1v) is 8.81. The van der Waals surface area contributed by atoms with Crippen molar-refractivity contribution in [3.8, 4) is 5.75 Å². The van der Waals surface area contributed by atoms with E-state index in [1.54, 1.807) is 7.11 Å². The van der Waals surface area contributed by atoms with Crippen LogP contribution in [0.2, 0.25) is 0 Å². The van der Waals surface area contributed by atoms with Crippen LogP contribution in [-0.4, -0.2) is 41.9 Å². The number of nitrogens with one attached hydrogen (secondary N) is 1.